The van der Waals surface area contributed by atoms with Crippen molar-refractivity contribution in [2.75, 3.05) is 23.8 Å². The molecule has 2 aromatic rings. The van der Waals surface area contributed by atoms with E-state index in [9.17, 15) is 4.79 Å². The van der Waals surface area contributed by atoms with E-state index < -0.39 is 0 Å². The third kappa shape index (κ3) is 2.16. The first-order valence-electron chi connectivity index (χ1n) is 6.98. The molecular formula is C17H18N2O. The van der Waals surface area contributed by atoms with Gasteiger partial charge in [0.05, 0.1) is 0 Å². The molecule has 0 aliphatic carbocycles. The lowest BCUT2D eigenvalue weighted by molar-refractivity contribution is 0.0985. The molecule has 0 fully saturated rings. The summed E-state index contributed by atoms with van der Waals surface area (Å²) >= 11 is 0. The molecule has 20 heavy (non-hydrogen) atoms. The Morgan fingerprint density at radius 3 is 2.65 bits per heavy atom. The Balaban J connectivity index is 2.00. The first-order chi connectivity index (χ1) is 9.81. The molecule has 0 aromatic heterocycles. The molecule has 0 unspecified atom stereocenters. The molecule has 1 aliphatic rings. The molecule has 2 aromatic carbocycles. The Kier molecular flexibility index (Phi) is 3.42. The molecule has 1 heterocycles. The number of carbonyl (C=O) groups excluding carboxylic acids is 1. The average Bonchev–Trinajstić information content (AvgIpc) is 2.54. The number of hydrogen-bond acceptors (Lipinski definition) is 2. The minimum Gasteiger partial charge on any atom is -0.388 e. The van der Waals surface area contributed by atoms with Crippen LogP contribution in [0.1, 0.15) is 22.3 Å². The molecule has 3 rings (SSSR count). The SMILES string of the molecule is CNc1cccc2c1CCCN2C(=O)c1ccccc1. The number of amides is 1. The summed E-state index contributed by atoms with van der Waals surface area (Å²) in [5.41, 5.74) is 4.14. The molecule has 0 saturated carbocycles. The normalized spacial score (nSPS) is 13.8. The van der Waals surface area contributed by atoms with Crippen LogP contribution in [0.3, 0.4) is 0 Å². The number of carbonyl (C=O) groups is 1. The second kappa shape index (κ2) is 5.37. The molecule has 0 atom stereocenters. The molecule has 3 nitrogen and oxygen atoms in total. The molecule has 102 valence electrons. The highest BCUT2D eigenvalue weighted by molar-refractivity contribution is 6.07. The van der Waals surface area contributed by atoms with E-state index in [1.807, 2.05) is 54.4 Å². The summed E-state index contributed by atoms with van der Waals surface area (Å²) < 4.78 is 0. The predicted octanol–water partition coefficient (Wildman–Crippen LogP) is 3.32. The Morgan fingerprint density at radius 1 is 1.10 bits per heavy atom. The van der Waals surface area contributed by atoms with Crippen LogP contribution in [0.25, 0.3) is 0 Å². The maximum absolute atomic E-state index is 12.7. The lowest BCUT2D eigenvalue weighted by Gasteiger charge is -2.31. The maximum Gasteiger partial charge on any atom is 0.258 e. The number of nitrogens with one attached hydrogen (secondary N) is 1. The molecule has 1 N–H and O–H groups in total. The van der Waals surface area contributed by atoms with Crippen LogP contribution in [0.4, 0.5) is 11.4 Å². The standard InChI is InChI=1S/C17H18N2O/c1-18-15-10-5-11-16-14(15)9-6-12-19(16)17(20)13-7-3-2-4-8-13/h2-5,7-8,10-11,18H,6,9,12H2,1H3. The first-order valence-corrected chi connectivity index (χ1v) is 6.98. The van der Waals surface area contributed by atoms with Gasteiger partial charge in [0.2, 0.25) is 0 Å². The summed E-state index contributed by atoms with van der Waals surface area (Å²) in [6.45, 7) is 0.786. The molecule has 0 saturated heterocycles. The molecule has 1 aliphatic heterocycles. The van der Waals surface area contributed by atoms with Crippen molar-refractivity contribution in [2.24, 2.45) is 0 Å². The first kappa shape index (κ1) is 12.7. The Morgan fingerprint density at radius 2 is 1.90 bits per heavy atom. The van der Waals surface area contributed by atoms with Crippen LogP contribution in [-0.4, -0.2) is 19.5 Å². The number of fused-ring (bicyclic) bond motifs is 1. The van der Waals surface area contributed by atoms with E-state index in [-0.39, 0.29) is 5.91 Å². The van der Waals surface area contributed by atoms with Crippen molar-refractivity contribution in [2.45, 2.75) is 12.8 Å². The van der Waals surface area contributed by atoms with Crippen LogP contribution in [0.2, 0.25) is 0 Å². The van der Waals surface area contributed by atoms with Crippen molar-refractivity contribution in [1.29, 1.82) is 0 Å². The summed E-state index contributed by atoms with van der Waals surface area (Å²) in [5, 5.41) is 3.22. The van der Waals surface area contributed by atoms with Crippen LogP contribution < -0.4 is 10.2 Å². The van der Waals surface area contributed by atoms with Gasteiger partial charge in [-0.1, -0.05) is 24.3 Å². The quantitative estimate of drug-likeness (QED) is 0.904. The van der Waals surface area contributed by atoms with Crippen molar-refractivity contribution < 1.29 is 4.79 Å². The van der Waals surface area contributed by atoms with Gasteiger partial charge < -0.3 is 10.2 Å². The van der Waals surface area contributed by atoms with Gasteiger partial charge in [0.15, 0.2) is 0 Å². The fourth-order valence-corrected chi connectivity index (χ4v) is 2.81. The van der Waals surface area contributed by atoms with Gasteiger partial charge >= 0.3 is 0 Å². The highest BCUT2D eigenvalue weighted by Crippen LogP contribution is 2.33. The van der Waals surface area contributed by atoms with E-state index in [2.05, 4.69) is 11.4 Å². The van der Waals surface area contributed by atoms with E-state index in [0.29, 0.717) is 0 Å². The molecular weight excluding hydrogens is 248 g/mol. The van der Waals surface area contributed by atoms with E-state index in [1.54, 1.807) is 0 Å². The molecule has 0 bridgehead atoms. The molecule has 0 radical (unpaired) electrons. The summed E-state index contributed by atoms with van der Waals surface area (Å²) in [6, 6.07) is 15.6. The van der Waals surface area contributed by atoms with E-state index >= 15 is 0 Å². The third-order valence-electron chi connectivity index (χ3n) is 3.79. The molecule has 0 spiro atoms. The van der Waals surface area contributed by atoms with Crippen molar-refractivity contribution in [3.8, 4) is 0 Å². The fourth-order valence-electron chi connectivity index (χ4n) is 2.81. The average molecular weight is 266 g/mol. The number of rotatable bonds is 2. The topological polar surface area (TPSA) is 32.3 Å². The van der Waals surface area contributed by atoms with Gasteiger partial charge in [0, 0.05) is 30.5 Å². The largest absolute Gasteiger partial charge is 0.388 e. The third-order valence-corrected chi connectivity index (χ3v) is 3.79. The lowest BCUT2D eigenvalue weighted by atomic mass is 9.99. The lowest BCUT2D eigenvalue weighted by Crippen LogP contribution is -2.35. The van der Waals surface area contributed by atoms with Gasteiger partial charge in [-0.15, -0.1) is 0 Å². The van der Waals surface area contributed by atoms with Crippen LogP contribution in [0, 0.1) is 0 Å². The van der Waals surface area contributed by atoms with Gasteiger partial charge in [-0.05, 0) is 42.7 Å². The predicted molar refractivity (Wildman–Crippen MR) is 82.4 cm³/mol. The molecule has 3 heteroatoms. The van der Waals surface area contributed by atoms with E-state index in [4.69, 9.17) is 0 Å². The fraction of sp³-hybridized carbons (Fsp3) is 0.235. The smallest absolute Gasteiger partial charge is 0.258 e. The zero-order valence-corrected chi connectivity index (χ0v) is 11.6. The maximum atomic E-state index is 12.7. The summed E-state index contributed by atoms with van der Waals surface area (Å²) in [6.07, 6.45) is 2.02. The van der Waals surface area contributed by atoms with Crippen LogP contribution >= 0.6 is 0 Å². The second-order valence-electron chi connectivity index (χ2n) is 4.98. The second-order valence-corrected chi connectivity index (χ2v) is 4.98. The highest BCUT2D eigenvalue weighted by atomic mass is 16.2. The van der Waals surface area contributed by atoms with Gasteiger partial charge in [0.1, 0.15) is 0 Å². The van der Waals surface area contributed by atoms with Gasteiger partial charge in [-0.3, -0.25) is 4.79 Å². The van der Waals surface area contributed by atoms with Crippen molar-refractivity contribution in [1.82, 2.24) is 0 Å². The number of anilines is 2. The molecule has 1 amide bonds. The Hall–Kier alpha value is -2.29. The van der Waals surface area contributed by atoms with Crippen LogP contribution in [-0.2, 0) is 6.42 Å². The summed E-state index contributed by atoms with van der Waals surface area (Å²) in [7, 11) is 1.92. The zero-order valence-electron chi connectivity index (χ0n) is 11.6. The van der Waals surface area contributed by atoms with Crippen LogP contribution in [0.15, 0.2) is 48.5 Å². The highest BCUT2D eigenvalue weighted by Gasteiger charge is 2.24. The minimum absolute atomic E-state index is 0.0832. The minimum atomic E-state index is 0.0832. The Labute approximate surface area is 119 Å². The van der Waals surface area contributed by atoms with Gasteiger partial charge in [-0.2, -0.15) is 0 Å². The van der Waals surface area contributed by atoms with Crippen molar-refractivity contribution in [3.63, 3.8) is 0 Å². The zero-order chi connectivity index (χ0) is 13.9. The van der Waals surface area contributed by atoms with Crippen molar-refractivity contribution in [3.05, 3.63) is 59.7 Å². The number of benzene rings is 2. The monoisotopic (exact) mass is 266 g/mol. The van der Waals surface area contributed by atoms with E-state index in [0.717, 1.165) is 36.3 Å². The van der Waals surface area contributed by atoms with Crippen LogP contribution in [0.5, 0.6) is 0 Å². The van der Waals surface area contributed by atoms with Gasteiger partial charge in [-0.25, -0.2) is 0 Å². The Bertz CT molecular complexity index is 622. The number of nitrogens with zero attached hydrogens (tertiary/aromatic N) is 1. The van der Waals surface area contributed by atoms with Crippen molar-refractivity contribution >= 4 is 17.3 Å². The number of hydrogen-bond donors (Lipinski definition) is 1. The van der Waals surface area contributed by atoms with Gasteiger partial charge in [0.25, 0.3) is 5.91 Å². The van der Waals surface area contributed by atoms with E-state index in [1.165, 1.54) is 5.56 Å². The summed E-state index contributed by atoms with van der Waals surface area (Å²) in [5.74, 6) is 0.0832. The summed E-state index contributed by atoms with van der Waals surface area (Å²) in [4.78, 5) is 14.6.